The average Bonchev–Trinajstić information content (AvgIpc) is 3.05. The van der Waals surface area contributed by atoms with Gasteiger partial charge in [-0.05, 0) is 38.7 Å². The highest BCUT2D eigenvalue weighted by molar-refractivity contribution is 7.15. The maximum Gasteiger partial charge on any atom is 0.237 e. The monoisotopic (exact) mass is 393 g/mol. The van der Waals surface area contributed by atoms with Crippen LogP contribution < -0.4 is 16.4 Å². The van der Waals surface area contributed by atoms with Crippen LogP contribution in [-0.2, 0) is 16.1 Å². The number of thiazole rings is 1. The molecule has 1 aromatic carbocycles. The van der Waals surface area contributed by atoms with Crippen molar-refractivity contribution in [2.75, 3.05) is 26.4 Å². The molecule has 0 aliphatic carbocycles. The van der Waals surface area contributed by atoms with Crippen molar-refractivity contribution in [3.63, 3.8) is 0 Å². The van der Waals surface area contributed by atoms with Crippen molar-refractivity contribution in [1.82, 2.24) is 20.5 Å². The second kappa shape index (κ2) is 9.43. The normalized spacial score (nSPS) is 13.2. The van der Waals surface area contributed by atoms with E-state index in [9.17, 15) is 14.0 Å². The summed E-state index contributed by atoms with van der Waals surface area (Å²) in [7, 11) is 3.60. The van der Waals surface area contributed by atoms with Crippen molar-refractivity contribution in [3.05, 3.63) is 46.7 Å². The van der Waals surface area contributed by atoms with Crippen LogP contribution in [0.4, 0.5) is 9.52 Å². The molecule has 9 heteroatoms. The summed E-state index contributed by atoms with van der Waals surface area (Å²) in [6, 6.07) is 5.35. The number of amides is 2. The van der Waals surface area contributed by atoms with Crippen LogP contribution in [0.15, 0.2) is 30.5 Å². The molecular formula is C18H24FN5O2S. The SMILES string of the molecule is C[C@@H](C(=O)NC[C@H](C(=O)NCc1cnc(N)s1)c1ccc(F)cc1)N(C)C. The Bertz CT molecular complexity index is 778. The van der Waals surface area contributed by atoms with Gasteiger partial charge in [-0.3, -0.25) is 14.5 Å². The van der Waals surface area contributed by atoms with Gasteiger partial charge in [0.1, 0.15) is 5.82 Å². The van der Waals surface area contributed by atoms with E-state index in [2.05, 4.69) is 15.6 Å². The smallest absolute Gasteiger partial charge is 0.237 e. The van der Waals surface area contributed by atoms with Crippen molar-refractivity contribution in [2.45, 2.75) is 25.4 Å². The molecule has 2 aromatic rings. The molecule has 0 bridgehead atoms. The highest BCUT2D eigenvalue weighted by atomic mass is 32.1. The van der Waals surface area contributed by atoms with Crippen molar-refractivity contribution >= 4 is 28.3 Å². The summed E-state index contributed by atoms with van der Waals surface area (Å²) in [6.45, 7) is 2.17. The number of hydrogen-bond donors (Lipinski definition) is 3. The number of nitrogen functional groups attached to an aromatic ring is 1. The van der Waals surface area contributed by atoms with Crippen LogP contribution in [0.1, 0.15) is 23.3 Å². The van der Waals surface area contributed by atoms with Gasteiger partial charge in [-0.2, -0.15) is 0 Å². The predicted octanol–water partition coefficient (Wildman–Crippen LogP) is 1.33. The Kier molecular flexibility index (Phi) is 7.26. The highest BCUT2D eigenvalue weighted by Gasteiger charge is 2.23. The zero-order valence-electron chi connectivity index (χ0n) is 15.5. The molecule has 0 radical (unpaired) electrons. The maximum absolute atomic E-state index is 13.2. The summed E-state index contributed by atoms with van der Waals surface area (Å²) >= 11 is 1.29. The second-order valence-electron chi connectivity index (χ2n) is 6.37. The van der Waals surface area contributed by atoms with E-state index in [-0.39, 0.29) is 36.8 Å². The molecule has 2 atom stereocenters. The van der Waals surface area contributed by atoms with Crippen LogP contribution in [0.2, 0.25) is 0 Å². The Morgan fingerprint density at radius 2 is 1.89 bits per heavy atom. The molecule has 0 saturated carbocycles. The van der Waals surface area contributed by atoms with E-state index in [1.165, 1.54) is 23.5 Å². The van der Waals surface area contributed by atoms with Crippen molar-refractivity contribution in [2.24, 2.45) is 0 Å². The van der Waals surface area contributed by atoms with Gasteiger partial charge in [0.05, 0.1) is 18.5 Å². The van der Waals surface area contributed by atoms with Gasteiger partial charge in [0.2, 0.25) is 11.8 Å². The Labute approximate surface area is 161 Å². The summed E-state index contributed by atoms with van der Waals surface area (Å²) in [5.41, 5.74) is 6.21. The lowest BCUT2D eigenvalue weighted by Crippen LogP contribution is -2.44. The zero-order valence-corrected chi connectivity index (χ0v) is 16.3. The van der Waals surface area contributed by atoms with Crippen LogP contribution in [0.3, 0.4) is 0 Å². The number of nitrogens with two attached hydrogens (primary N) is 1. The lowest BCUT2D eigenvalue weighted by Gasteiger charge is -2.22. The number of benzene rings is 1. The van der Waals surface area contributed by atoms with E-state index in [0.717, 1.165) is 4.88 Å². The summed E-state index contributed by atoms with van der Waals surface area (Å²) in [5, 5.41) is 6.05. The first-order valence-electron chi connectivity index (χ1n) is 8.45. The largest absolute Gasteiger partial charge is 0.375 e. The fourth-order valence-corrected chi connectivity index (χ4v) is 2.97. The van der Waals surface area contributed by atoms with Crippen LogP contribution in [0.5, 0.6) is 0 Å². The molecule has 0 fully saturated rings. The quantitative estimate of drug-likeness (QED) is 0.628. The topological polar surface area (TPSA) is 100 Å². The molecule has 27 heavy (non-hydrogen) atoms. The first kappa shape index (κ1) is 20.8. The maximum atomic E-state index is 13.2. The zero-order chi connectivity index (χ0) is 20.0. The molecule has 2 amide bonds. The Morgan fingerprint density at radius 3 is 2.44 bits per heavy atom. The predicted molar refractivity (Wildman–Crippen MR) is 104 cm³/mol. The number of likely N-dealkylation sites (N-methyl/N-ethyl adjacent to an activating group) is 1. The first-order valence-corrected chi connectivity index (χ1v) is 9.27. The van der Waals surface area contributed by atoms with Gasteiger partial charge in [0.15, 0.2) is 5.13 Å². The fraction of sp³-hybridized carbons (Fsp3) is 0.389. The molecule has 1 aromatic heterocycles. The molecule has 0 aliphatic heterocycles. The van der Waals surface area contributed by atoms with E-state index in [1.807, 2.05) is 0 Å². The standard InChI is InChI=1S/C18H24FN5O2S/c1-11(24(2)3)16(25)22-10-15(12-4-6-13(19)7-5-12)17(26)21-8-14-9-23-18(20)27-14/h4-7,9,11,15H,8,10H2,1-3H3,(H2,20,23)(H,21,26)(H,22,25)/t11-,15-/m0/s1. The number of nitrogens with zero attached hydrogens (tertiary/aromatic N) is 2. The molecule has 0 unspecified atom stereocenters. The van der Waals surface area contributed by atoms with E-state index in [4.69, 9.17) is 5.73 Å². The lowest BCUT2D eigenvalue weighted by atomic mass is 9.97. The Morgan fingerprint density at radius 1 is 1.22 bits per heavy atom. The first-order chi connectivity index (χ1) is 12.8. The number of carbonyl (C=O) groups is 2. The molecule has 1 heterocycles. The van der Waals surface area contributed by atoms with E-state index < -0.39 is 5.92 Å². The number of nitrogens with one attached hydrogen (secondary N) is 2. The van der Waals surface area contributed by atoms with Gasteiger partial charge >= 0.3 is 0 Å². The van der Waals surface area contributed by atoms with Gasteiger partial charge in [0, 0.05) is 17.6 Å². The molecule has 0 spiro atoms. The number of anilines is 1. The van der Waals surface area contributed by atoms with Crippen LogP contribution in [0, 0.1) is 5.82 Å². The van der Waals surface area contributed by atoms with Crippen molar-refractivity contribution < 1.29 is 14.0 Å². The Hall–Kier alpha value is -2.52. The van der Waals surface area contributed by atoms with Gasteiger partial charge in [-0.15, -0.1) is 11.3 Å². The van der Waals surface area contributed by atoms with Crippen molar-refractivity contribution in [3.8, 4) is 0 Å². The molecular weight excluding hydrogens is 369 g/mol. The van der Waals surface area contributed by atoms with E-state index in [0.29, 0.717) is 10.7 Å². The average molecular weight is 393 g/mol. The summed E-state index contributed by atoms with van der Waals surface area (Å²) in [4.78, 5) is 31.5. The van der Waals surface area contributed by atoms with E-state index >= 15 is 0 Å². The minimum absolute atomic E-state index is 0.110. The third kappa shape index (κ3) is 6.00. The molecule has 146 valence electrons. The van der Waals surface area contributed by atoms with Crippen LogP contribution >= 0.6 is 11.3 Å². The third-order valence-electron chi connectivity index (χ3n) is 4.23. The third-order valence-corrected chi connectivity index (χ3v) is 5.06. The molecule has 2 rings (SSSR count). The van der Waals surface area contributed by atoms with Gasteiger partial charge < -0.3 is 16.4 Å². The minimum atomic E-state index is -0.644. The molecule has 0 saturated heterocycles. The van der Waals surface area contributed by atoms with Crippen molar-refractivity contribution in [1.29, 1.82) is 0 Å². The second-order valence-corrected chi connectivity index (χ2v) is 7.52. The lowest BCUT2D eigenvalue weighted by molar-refractivity contribution is -0.125. The minimum Gasteiger partial charge on any atom is -0.375 e. The summed E-state index contributed by atoms with van der Waals surface area (Å²) in [5.74, 6) is -1.49. The molecule has 7 nitrogen and oxygen atoms in total. The van der Waals surface area contributed by atoms with Gasteiger partial charge in [-0.25, -0.2) is 9.37 Å². The fourth-order valence-electron chi connectivity index (χ4n) is 2.34. The number of halogens is 1. The molecule has 4 N–H and O–H groups in total. The Balaban J connectivity index is 2.07. The van der Waals surface area contributed by atoms with Crippen LogP contribution in [0.25, 0.3) is 0 Å². The number of hydrogen-bond acceptors (Lipinski definition) is 6. The highest BCUT2D eigenvalue weighted by Crippen LogP contribution is 2.18. The van der Waals surface area contributed by atoms with Gasteiger partial charge in [0.25, 0.3) is 0 Å². The number of carbonyl (C=O) groups excluding carboxylic acids is 2. The number of aromatic nitrogens is 1. The molecule has 0 aliphatic rings. The van der Waals surface area contributed by atoms with E-state index in [1.54, 1.807) is 44.2 Å². The van der Waals surface area contributed by atoms with Crippen LogP contribution in [-0.4, -0.2) is 48.4 Å². The number of rotatable bonds is 8. The van der Waals surface area contributed by atoms with Gasteiger partial charge in [-0.1, -0.05) is 12.1 Å². The summed E-state index contributed by atoms with van der Waals surface area (Å²) < 4.78 is 13.2. The summed E-state index contributed by atoms with van der Waals surface area (Å²) in [6.07, 6.45) is 1.60.